The molecule has 0 aliphatic carbocycles. The van der Waals surface area contributed by atoms with Gasteiger partial charge in [0.15, 0.2) is 0 Å². The standard InChI is InChI=1S/C23H23N3O2S/c1-2-18-9-3-6-13-22(18)29(27,28)26-19-10-7-8-17(16-19)14-15-23-24-20-11-4-5-12-21(20)25-23/h3-13,16,26H,2,14-15H2,1H3,(H,24,25). The van der Waals surface area contributed by atoms with Gasteiger partial charge in [0.25, 0.3) is 10.0 Å². The summed E-state index contributed by atoms with van der Waals surface area (Å²) in [6.45, 7) is 1.95. The van der Waals surface area contributed by atoms with Crippen LogP contribution in [0.3, 0.4) is 0 Å². The fraction of sp³-hybridized carbons (Fsp3) is 0.174. The van der Waals surface area contributed by atoms with Crippen LogP contribution in [0.25, 0.3) is 11.0 Å². The average Bonchev–Trinajstić information content (AvgIpc) is 3.15. The molecule has 0 amide bonds. The van der Waals surface area contributed by atoms with Gasteiger partial charge in [0.1, 0.15) is 5.82 Å². The quantitative estimate of drug-likeness (QED) is 0.467. The Morgan fingerprint density at radius 1 is 0.931 bits per heavy atom. The van der Waals surface area contributed by atoms with Gasteiger partial charge in [-0.2, -0.15) is 0 Å². The Labute approximate surface area is 170 Å². The number of para-hydroxylation sites is 2. The zero-order valence-corrected chi connectivity index (χ0v) is 17.0. The van der Waals surface area contributed by atoms with Crippen LogP contribution in [-0.4, -0.2) is 18.4 Å². The molecule has 0 atom stereocenters. The molecule has 1 aromatic heterocycles. The maximum Gasteiger partial charge on any atom is 0.262 e. The summed E-state index contributed by atoms with van der Waals surface area (Å²) in [6, 6.07) is 22.6. The molecule has 0 spiro atoms. The second-order valence-electron chi connectivity index (χ2n) is 6.97. The fourth-order valence-corrected chi connectivity index (χ4v) is 4.81. The second kappa shape index (κ2) is 8.09. The van der Waals surface area contributed by atoms with Crippen molar-refractivity contribution in [3.8, 4) is 0 Å². The Morgan fingerprint density at radius 3 is 2.55 bits per heavy atom. The summed E-state index contributed by atoms with van der Waals surface area (Å²) >= 11 is 0. The summed E-state index contributed by atoms with van der Waals surface area (Å²) in [5.74, 6) is 0.925. The molecule has 0 unspecified atom stereocenters. The molecule has 0 aliphatic rings. The smallest absolute Gasteiger partial charge is 0.262 e. The van der Waals surface area contributed by atoms with Crippen molar-refractivity contribution >= 4 is 26.7 Å². The summed E-state index contributed by atoms with van der Waals surface area (Å²) in [6.07, 6.45) is 2.18. The third-order valence-electron chi connectivity index (χ3n) is 4.91. The van der Waals surface area contributed by atoms with E-state index in [2.05, 4.69) is 14.7 Å². The van der Waals surface area contributed by atoms with Crippen molar-refractivity contribution in [2.75, 3.05) is 4.72 Å². The van der Waals surface area contributed by atoms with Gasteiger partial charge in [-0.05, 0) is 54.3 Å². The van der Waals surface area contributed by atoms with Crippen LogP contribution in [0.2, 0.25) is 0 Å². The molecule has 5 nitrogen and oxygen atoms in total. The minimum atomic E-state index is -3.63. The highest BCUT2D eigenvalue weighted by atomic mass is 32.2. The lowest BCUT2D eigenvalue weighted by molar-refractivity contribution is 0.600. The molecule has 148 valence electrons. The van der Waals surface area contributed by atoms with E-state index in [0.717, 1.165) is 40.8 Å². The van der Waals surface area contributed by atoms with Crippen molar-refractivity contribution in [3.63, 3.8) is 0 Å². The lowest BCUT2D eigenvalue weighted by atomic mass is 10.1. The van der Waals surface area contributed by atoms with E-state index in [1.54, 1.807) is 18.2 Å². The number of nitrogens with zero attached hydrogens (tertiary/aromatic N) is 1. The summed E-state index contributed by atoms with van der Waals surface area (Å²) in [5.41, 5.74) is 4.41. The highest BCUT2D eigenvalue weighted by molar-refractivity contribution is 7.92. The number of aromatic nitrogens is 2. The van der Waals surface area contributed by atoms with E-state index in [1.165, 1.54) is 0 Å². The Kier molecular flexibility index (Phi) is 5.36. The first-order valence-corrected chi connectivity index (χ1v) is 11.2. The Morgan fingerprint density at radius 2 is 1.72 bits per heavy atom. The summed E-state index contributed by atoms with van der Waals surface area (Å²) in [7, 11) is -3.63. The van der Waals surface area contributed by atoms with E-state index in [0.29, 0.717) is 17.0 Å². The van der Waals surface area contributed by atoms with E-state index in [-0.39, 0.29) is 0 Å². The monoisotopic (exact) mass is 405 g/mol. The van der Waals surface area contributed by atoms with Gasteiger partial charge in [-0.3, -0.25) is 4.72 Å². The lowest BCUT2D eigenvalue weighted by Gasteiger charge is -2.12. The number of rotatable bonds is 7. The molecule has 0 bridgehead atoms. The normalized spacial score (nSPS) is 11.6. The molecular formula is C23H23N3O2S. The summed E-state index contributed by atoms with van der Waals surface area (Å²) < 4.78 is 28.4. The highest BCUT2D eigenvalue weighted by Gasteiger charge is 2.17. The third kappa shape index (κ3) is 4.32. The predicted octanol–water partition coefficient (Wildman–Crippen LogP) is 4.71. The molecule has 0 fully saturated rings. The molecule has 1 heterocycles. The van der Waals surface area contributed by atoms with Crippen molar-refractivity contribution in [1.82, 2.24) is 9.97 Å². The first kappa shape index (κ1) is 19.2. The molecule has 6 heteroatoms. The SMILES string of the molecule is CCc1ccccc1S(=O)(=O)Nc1cccc(CCc2nc3ccccc3[nH]2)c1. The molecule has 4 rings (SSSR count). The topological polar surface area (TPSA) is 74.8 Å². The Balaban J connectivity index is 1.49. The van der Waals surface area contributed by atoms with Crippen LogP contribution >= 0.6 is 0 Å². The van der Waals surface area contributed by atoms with E-state index in [1.807, 2.05) is 61.5 Å². The molecule has 0 radical (unpaired) electrons. The van der Waals surface area contributed by atoms with Crippen molar-refractivity contribution in [3.05, 3.63) is 89.7 Å². The van der Waals surface area contributed by atoms with Crippen LogP contribution in [0.4, 0.5) is 5.69 Å². The molecule has 0 aliphatic heterocycles. The van der Waals surface area contributed by atoms with Gasteiger partial charge >= 0.3 is 0 Å². The number of H-pyrrole nitrogens is 1. The molecule has 3 aromatic carbocycles. The first-order valence-electron chi connectivity index (χ1n) is 9.68. The lowest BCUT2D eigenvalue weighted by Crippen LogP contribution is -2.15. The number of benzene rings is 3. The highest BCUT2D eigenvalue weighted by Crippen LogP contribution is 2.21. The maximum absolute atomic E-state index is 12.8. The Hall–Kier alpha value is -3.12. The van der Waals surface area contributed by atoms with Crippen LogP contribution in [-0.2, 0) is 29.3 Å². The number of imidazole rings is 1. The zero-order valence-electron chi connectivity index (χ0n) is 16.2. The van der Waals surface area contributed by atoms with Crippen molar-refractivity contribution < 1.29 is 8.42 Å². The largest absolute Gasteiger partial charge is 0.342 e. The summed E-state index contributed by atoms with van der Waals surface area (Å²) in [4.78, 5) is 8.26. The minimum Gasteiger partial charge on any atom is -0.342 e. The van der Waals surface area contributed by atoms with Gasteiger partial charge in [-0.1, -0.05) is 49.4 Å². The van der Waals surface area contributed by atoms with Crippen LogP contribution in [0, 0.1) is 0 Å². The van der Waals surface area contributed by atoms with Gasteiger partial charge in [0, 0.05) is 12.1 Å². The predicted molar refractivity (Wildman–Crippen MR) is 117 cm³/mol. The summed E-state index contributed by atoms with van der Waals surface area (Å²) in [5, 5.41) is 0. The first-order chi connectivity index (χ1) is 14.0. The Bertz CT molecular complexity index is 1210. The van der Waals surface area contributed by atoms with E-state index >= 15 is 0 Å². The maximum atomic E-state index is 12.8. The van der Waals surface area contributed by atoms with Crippen molar-refractivity contribution in [2.24, 2.45) is 0 Å². The molecule has 2 N–H and O–H groups in total. The van der Waals surface area contributed by atoms with Crippen molar-refractivity contribution in [2.45, 2.75) is 31.1 Å². The van der Waals surface area contributed by atoms with E-state index in [4.69, 9.17) is 0 Å². The number of nitrogens with one attached hydrogen (secondary N) is 2. The van der Waals surface area contributed by atoms with Crippen LogP contribution in [0.1, 0.15) is 23.9 Å². The molecular weight excluding hydrogens is 382 g/mol. The van der Waals surface area contributed by atoms with E-state index in [9.17, 15) is 8.42 Å². The molecule has 0 saturated heterocycles. The number of sulfonamides is 1. The van der Waals surface area contributed by atoms with Crippen LogP contribution in [0.5, 0.6) is 0 Å². The molecule has 29 heavy (non-hydrogen) atoms. The number of aryl methyl sites for hydroxylation is 3. The van der Waals surface area contributed by atoms with Gasteiger partial charge in [-0.25, -0.2) is 13.4 Å². The van der Waals surface area contributed by atoms with Crippen LogP contribution < -0.4 is 4.72 Å². The number of aromatic amines is 1. The van der Waals surface area contributed by atoms with Gasteiger partial charge < -0.3 is 4.98 Å². The van der Waals surface area contributed by atoms with Crippen LogP contribution in [0.15, 0.2) is 77.7 Å². The third-order valence-corrected chi connectivity index (χ3v) is 6.39. The number of hydrogen-bond acceptors (Lipinski definition) is 3. The van der Waals surface area contributed by atoms with E-state index < -0.39 is 10.0 Å². The molecule has 4 aromatic rings. The van der Waals surface area contributed by atoms with Gasteiger partial charge in [0.2, 0.25) is 0 Å². The number of hydrogen-bond donors (Lipinski definition) is 2. The second-order valence-corrected chi connectivity index (χ2v) is 8.62. The van der Waals surface area contributed by atoms with Gasteiger partial charge in [-0.15, -0.1) is 0 Å². The van der Waals surface area contributed by atoms with Crippen molar-refractivity contribution in [1.29, 1.82) is 0 Å². The average molecular weight is 406 g/mol. The van der Waals surface area contributed by atoms with Gasteiger partial charge in [0.05, 0.1) is 15.9 Å². The zero-order chi connectivity index (χ0) is 20.3. The molecule has 0 saturated carbocycles. The number of fused-ring (bicyclic) bond motifs is 1. The number of anilines is 1. The fourth-order valence-electron chi connectivity index (χ4n) is 3.45. The minimum absolute atomic E-state index is 0.329.